The minimum atomic E-state index is -0.328. The molecule has 0 radical (unpaired) electrons. The minimum absolute atomic E-state index is 0.00281. The predicted molar refractivity (Wildman–Crippen MR) is 73.4 cm³/mol. The van der Waals surface area contributed by atoms with Crippen LogP contribution in [0.25, 0.3) is 0 Å². The van der Waals surface area contributed by atoms with E-state index in [1.165, 1.54) is 0 Å². The zero-order valence-corrected chi connectivity index (χ0v) is 12.0. The van der Waals surface area contributed by atoms with E-state index < -0.39 is 0 Å². The molecule has 0 bridgehead atoms. The van der Waals surface area contributed by atoms with E-state index in [4.69, 9.17) is 0 Å². The van der Waals surface area contributed by atoms with Crippen LogP contribution in [-0.2, 0) is 17.6 Å². The quantitative estimate of drug-likeness (QED) is 0.859. The van der Waals surface area contributed by atoms with E-state index in [0.717, 1.165) is 43.4 Å². The predicted octanol–water partition coefficient (Wildman–Crippen LogP) is 0.591. The molecule has 20 heavy (non-hydrogen) atoms. The van der Waals surface area contributed by atoms with E-state index in [1.807, 2.05) is 0 Å². The standard InChI is InChI=1S/C14H20N4O2/c1-17(2)13(19)11-7-4-8-18(11)14(20)12-9-5-3-6-10(9)15-16-12/h11H,3-8H2,1-2H3,(H,15,16). The van der Waals surface area contributed by atoms with Crippen LogP contribution in [-0.4, -0.2) is 58.5 Å². The van der Waals surface area contributed by atoms with E-state index in [-0.39, 0.29) is 17.9 Å². The number of carbonyl (C=O) groups is 2. The molecule has 2 amide bonds. The van der Waals surface area contributed by atoms with Gasteiger partial charge in [0.05, 0.1) is 0 Å². The van der Waals surface area contributed by atoms with Gasteiger partial charge < -0.3 is 9.80 Å². The lowest BCUT2D eigenvalue weighted by atomic mass is 10.1. The normalized spacial score (nSPS) is 21.1. The number of aromatic nitrogens is 2. The van der Waals surface area contributed by atoms with Gasteiger partial charge in [-0.15, -0.1) is 0 Å². The fourth-order valence-corrected chi connectivity index (χ4v) is 3.20. The highest BCUT2D eigenvalue weighted by atomic mass is 16.2. The van der Waals surface area contributed by atoms with Crippen molar-refractivity contribution < 1.29 is 9.59 Å². The van der Waals surface area contributed by atoms with Crippen molar-refractivity contribution in [1.29, 1.82) is 0 Å². The van der Waals surface area contributed by atoms with Crippen LogP contribution in [0.3, 0.4) is 0 Å². The molecule has 1 fully saturated rings. The summed E-state index contributed by atoms with van der Waals surface area (Å²) in [5, 5.41) is 7.14. The van der Waals surface area contributed by atoms with Crippen LogP contribution in [0.1, 0.15) is 41.0 Å². The number of hydrogen-bond donors (Lipinski definition) is 1. The molecule has 1 N–H and O–H groups in total. The van der Waals surface area contributed by atoms with Crippen LogP contribution >= 0.6 is 0 Å². The Morgan fingerprint density at radius 2 is 2.10 bits per heavy atom. The third-order valence-corrected chi connectivity index (χ3v) is 4.25. The Morgan fingerprint density at radius 1 is 1.30 bits per heavy atom. The fourth-order valence-electron chi connectivity index (χ4n) is 3.20. The van der Waals surface area contributed by atoms with Crippen molar-refractivity contribution >= 4 is 11.8 Å². The summed E-state index contributed by atoms with van der Waals surface area (Å²) in [6, 6.07) is -0.328. The molecule has 1 unspecified atom stereocenters. The largest absolute Gasteiger partial charge is 0.347 e. The van der Waals surface area contributed by atoms with E-state index in [1.54, 1.807) is 23.9 Å². The summed E-state index contributed by atoms with van der Waals surface area (Å²) in [7, 11) is 3.46. The van der Waals surface area contributed by atoms with Crippen LogP contribution in [0.15, 0.2) is 0 Å². The van der Waals surface area contributed by atoms with Crippen molar-refractivity contribution in [3.05, 3.63) is 17.0 Å². The van der Waals surface area contributed by atoms with Crippen molar-refractivity contribution in [2.24, 2.45) is 0 Å². The molecule has 0 spiro atoms. The monoisotopic (exact) mass is 276 g/mol. The van der Waals surface area contributed by atoms with Gasteiger partial charge in [-0.2, -0.15) is 5.10 Å². The smallest absolute Gasteiger partial charge is 0.275 e. The first-order chi connectivity index (χ1) is 9.59. The molecule has 2 heterocycles. The van der Waals surface area contributed by atoms with Gasteiger partial charge in [-0.1, -0.05) is 0 Å². The van der Waals surface area contributed by atoms with Gasteiger partial charge in [0.1, 0.15) is 6.04 Å². The number of likely N-dealkylation sites (N-methyl/N-ethyl adjacent to an activating group) is 1. The van der Waals surface area contributed by atoms with Crippen LogP contribution in [0, 0.1) is 0 Å². The molecule has 6 nitrogen and oxygen atoms in total. The van der Waals surface area contributed by atoms with Gasteiger partial charge >= 0.3 is 0 Å². The summed E-state index contributed by atoms with van der Waals surface area (Å²) in [6.07, 6.45) is 4.57. The zero-order valence-electron chi connectivity index (χ0n) is 12.0. The first kappa shape index (κ1) is 13.1. The highest BCUT2D eigenvalue weighted by Gasteiger charge is 2.37. The molecule has 108 valence electrons. The van der Waals surface area contributed by atoms with Crippen molar-refractivity contribution in [3.63, 3.8) is 0 Å². The summed E-state index contributed by atoms with van der Waals surface area (Å²) < 4.78 is 0. The number of rotatable bonds is 2. The molecule has 6 heteroatoms. The highest BCUT2D eigenvalue weighted by molar-refractivity contribution is 5.97. The maximum atomic E-state index is 12.7. The maximum absolute atomic E-state index is 12.7. The molecule has 1 aliphatic carbocycles. The van der Waals surface area contributed by atoms with Gasteiger partial charge in [-0.05, 0) is 32.1 Å². The van der Waals surface area contributed by atoms with Crippen LogP contribution < -0.4 is 0 Å². The number of nitrogens with one attached hydrogen (secondary N) is 1. The van der Waals surface area contributed by atoms with E-state index in [9.17, 15) is 9.59 Å². The van der Waals surface area contributed by atoms with E-state index in [0.29, 0.717) is 12.2 Å². The Labute approximate surface area is 118 Å². The molecule has 3 rings (SSSR count). The first-order valence-corrected chi connectivity index (χ1v) is 7.18. The number of aromatic amines is 1. The second kappa shape index (κ2) is 4.92. The molecular weight excluding hydrogens is 256 g/mol. The number of carbonyl (C=O) groups excluding carboxylic acids is 2. The van der Waals surface area contributed by atoms with Crippen molar-refractivity contribution in [1.82, 2.24) is 20.0 Å². The third-order valence-electron chi connectivity index (χ3n) is 4.25. The number of likely N-dealkylation sites (tertiary alicyclic amines) is 1. The Balaban J connectivity index is 1.84. The van der Waals surface area contributed by atoms with Gasteiger partial charge in [0.15, 0.2) is 5.69 Å². The summed E-state index contributed by atoms with van der Waals surface area (Å²) >= 11 is 0. The highest BCUT2D eigenvalue weighted by Crippen LogP contribution is 2.27. The lowest BCUT2D eigenvalue weighted by molar-refractivity contribution is -0.132. The zero-order chi connectivity index (χ0) is 14.3. The van der Waals surface area contributed by atoms with E-state index in [2.05, 4.69) is 10.2 Å². The SMILES string of the molecule is CN(C)C(=O)C1CCCN1C(=O)c1n[nH]c2c1CCC2. The summed E-state index contributed by atoms with van der Waals surface area (Å²) in [6.45, 7) is 0.644. The molecule has 1 atom stereocenters. The summed E-state index contributed by atoms with van der Waals surface area (Å²) in [5.41, 5.74) is 2.66. The first-order valence-electron chi connectivity index (χ1n) is 7.18. The van der Waals surface area contributed by atoms with Gasteiger partial charge in [0.2, 0.25) is 5.91 Å². The molecule has 1 aromatic rings. The van der Waals surface area contributed by atoms with Crippen LogP contribution in [0.2, 0.25) is 0 Å². The van der Waals surface area contributed by atoms with Crippen molar-refractivity contribution in [2.75, 3.05) is 20.6 Å². The van der Waals surface area contributed by atoms with Crippen molar-refractivity contribution in [3.8, 4) is 0 Å². The van der Waals surface area contributed by atoms with Gasteiger partial charge in [-0.3, -0.25) is 14.7 Å². The number of H-pyrrole nitrogens is 1. The lowest BCUT2D eigenvalue weighted by Gasteiger charge is -2.25. The Kier molecular flexibility index (Phi) is 3.23. The number of aryl methyl sites for hydroxylation is 1. The van der Waals surface area contributed by atoms with Gasteiger partial charge in [-0.25, -0.2) is 0 Å². The number of nitrogens with zero attached hydrogens (tertiary/aromatic N) is 3. The average Bonchev–Trinajstić information content (AvgIpc) is 3.12. The van der Waals surface area contributed by atoms with Crippen LogP contribution in [0.5, 0.6) is 0 Å². The molecule has 2 aliphatic rings. The molecule has 0 saturated carbocycles. The fraction of sp³-hybridized carbons (Fsp3) is 0.643. The second-order valence-electron chi connectivity index (χ2n) is 5.77. The Morgan fingerprint density at radius 3 is 2.85 bits per heavy atom. The minimum Gasteiger partial charge on any atom is -0.347 e. The Bertz CT molecular complexity index is 549. The molecule has 0 aromatic carbocycles. The second-order valence-corrected chi connectivity index (χ2v) is 5.77. The van der Waals surface area contributed by atoms with Gasteiger partial charge in [0, 0.05) is 31.9 Å². The summed E-state index contributed by atoms with van der Waals surface area (Å²) in [4.78, 5) is 28.1. The third kappa shape index (κ3) is 1.99. The molecule has 1 aliphatic heterocycles. The molecular formula is C14H20N4O2. The summed E-state index contributed by atoms with van der Waals surface area (Å²) in [5.74, 6) is -0.0925. The van der Waals surface area contributed by atoms with Crippen LogP contribution in [0.4, 0.5) is 0 Å². The topological polar surface area (TPSA) is 69.3 Å². The maximum Gasteiger partial charge on any atom is 0.275 e. The Hall–Kier alpha value is -1.85. The number of amides is 2. The number of fused-ring (bicyclic) bond motifs is 1. The lowest BCUT2D eigenvalue weighted by Crippen LogP contribution is -2.45. The van der Waals surface area contributed by atoms with Gasteiger partial charge in [0.25, 0.3) is 5.91 Å². The molecule has 1 aromatic heterocycles. The number of hydrogen-bond acceptors (Lipinski definition) is 3. The van der Waals surface area contributed by atoms with Crippen molar-refractivity contribution in [2.45, 2.75) is 38.1 Å². The average molecular weight is 276 g/mol. The molecule has 1 saturated heterocycles. The van der Waals surface area contributed by atoms with E-state index >= 15 is 0 Å².